The highest BCUT2D eigenvalue weighted by Gasteiger charge is 2.19. The van der Waals surface area contributed by atoms with Crippen LogP contribution in [0.15, 0.2) is 35.1 Å². The molecule has 0 fully saturated rings. The number of fused-ring (bicyclic) bond motifs is 1. The summed E-state index contributed by atoms with van der Waals surface area (Å²) in [5.74, 6) is 0.134. The van der Waals surface area contributed by atoms with E-state index in [1.165, 1.54) is 0 Å². The molecule has 0 spiro atoms. The Hall–Kier alpha value is -2.86. The summed E-state index contributed by atoms with van der Waals surface area (Å²) in [6.07, 6.45) is 3.51. The lowest BCUT2D eigenvalue weighted by atomic mass is 10.0. The largest absolute Gasteiger partial charge is 0.506 e. The Labute approximate surface area is 180 Å². The van der Waals surface area contributed by atoms with Gasteiger partial charge < -0.3 is 24.7 Å². The Morgan fingerprint density at radius 1 is 0.933 bits per heavy atom. The highest BCUT2D eigenvalue weighted by Crippen LogP contribution is 2.43. The third-order valence-electron chi connectivity index (χ3n) is 4.79. The molecule has 160 valence electrons. The van der Waals surface area contributed by atoms with Crippen LogP contribution in [0.3, 0.4) is 0 Å². The second-order valence-corrected chi connectivity index (χ2v) is 7.53. The molecule has 3 rings (SSSR count). The van der Waals surface area contributed by atoms with E-state index < -0.39 is 5.56 Å². The van der Waals surface area contributed by atoms with Crippen molar-refractivity contribution in [3.8, 4) is 34.1 Å². The SMILES string of the molecule is CCCCOc1cc(-c2c(O)c3ccc(Cl)cc3[nH]c2=O)cc(OCCCC)c1O. The van der Waals surface area contributed by atoms with Crippen molar-refractivity contribution in [2.24, 2.45) is 0 Å². The van der Waals surface area contributed by atoms with Crippen LogP contribution in [0.25, 0.3) is 22.0 Å². The number of halogens is 1. The number of aromatic amines is 1. The topological polar surface area (TPSA) is 91.8 Å². The number of phenolic OH excluding ortho intramolecular Hbond substituents is 1. The van der Waals surface area contributed by atoms with Gasteiger partial charge in [0, 0.05) is 10.4 Å². The third-order valence-corrected chi connectivity index (χ3v) is 5.02. The van der Waals surface area contributed by atoms with Gasteiger partial charge in [0.25, 0.3) is 5.56 Å². The highest BCUT2D eigenvalue weighted by molar-refractivity contribution is 6.31. The first kappa shape index (κ1) is 21.8. The van der Waals surface area contributed by atoms with Gasteiger partial charge in [-0.15, -0.1) is 0 Å². The molecular weight excluding hydrogens is 406 g/mol. The van der Waals surface area contributed by atoms with Crippen LogP contribution < -0.4 is 15.0 Å². The number of phenols is 1. The van der Waals surface area contributed by atoms with Crippen LogP contribution in [0.1, 0.15) is 39.5 Å². The van der Waals surface area contributed by atoms with Gasteiger partial charge in [-0.2, -0.15) is 0 Å². The van der Waals surface area contributed by atoms with E-state index in [9.17, 15) is 15.0 Å². The molecule has 0 aliphatic heterocycles. The van der Waals surface area contributed by atoms with Crippen molar-refractivity contribution in [1.82, 2.24) is 4.98 Å². The summed E-state index contributed by atoms with van der Waals surface area (Å²) in [4.78, 5) is 15.5. The van der Waals surface area contributed by atoms with Crippen molar-refractivity contribution in [2.45, 2.75) is 39.5 Å². The Morgan fingerprint density at radius 3 is 2.10 bits per heavy atom. The molecule has 3 aromatic rings. The van der Waals surface area contributed by atoms with Gasteiger partial charge in [0.1, 0.15) is 5.75 Å². The van der Waals surface area contributed by atoms with Gasteiger partial charge in [0.15, 0.2) is 11.5 Å². The molecule has 3 N–H and O–H groups in total. The zero-order valence-electron chi connectivity index (χ0n) is 17.1. The van der Waals surface area contributed by atoms with Crippen molar-refractivity contribution in [2.75, 3.05) is 13.2 Å². The third kappa shape index (κ3) is 4.65. The van der Waals surface area contributed by atoms with E-state index >= 15 is 0 Å². The Kier molecular flexibility index (Phi) is 7.11. The maximum atomic E-state index is 12.8. The fourth-order valence-electron chi connectivity index (χ4n) is 3.12. The molecule has 6 nitrogen and oxygen atoms in total. The van der Waals surface area contributed by atoms with Crippen LogP contribution in [-0.4, -0.2) is 28.4 Å². The van der Waals surface area contributed by atoms with E-state index in [1.54, 1.807) is 30.3 Å². The zero-order chi connectivity index (χ0) is 21.7. The smallest absolute Gasteiger partial charge is 0.260 e. The van der Waals surface area contributed by atoms with Gasteiger partial charge in [0.2, 0.25) is 5.75 Å². The maximum Gasteiger partial charge on any atom is 0.260 e. The van der Waals surface area contributed by atoms with Crippen molar-refractivity contribution < 1.29 is 19.7 Å². The Morgan fingerprint density at radius 2 is 1.53 bits per heavy atom. The minimum Gasteiger partial charge on any atom is -0.506 e. The summed E-state index contributed by atoms with van der Waals surface area (Å²) in [5, 5.41) is 22.3. The molecule has 0 unspecified atom stereocenters. The zero-order valence-corrected chi connectivity index (χ0v) is 17.9. The van der Waals surface area contributed by atoms with Gasteiger partial charge in [-0.1, -0.05) is 38.3 Å². The van der Waals surface area contributed by atoms with Crippen LogP contribution in [0.4, 0.5) is 0 Å². The van der Waals surface area contributed by atoms with Crippen molar-refractivity contribution in [3.05, 3.63) is 45.7 Å². The number of pyridine rings is 1. The molecule has 0 bridgehead atoms. The summed E-state index contributed by atoms with van der Waals surface area (Å²) >= 11 is 6.00. The Balaban J connectivity index is 2.14. The normalized spacial score (nSPS) is 11.0. The van der Waals surface area contributed by atoms with Crippen LogP contribution >= 0.6 is 11.6 Å². The number of unbranched alkanes of at least 4 members (excludes halogenated alkanes) is 2. The monoisotopic (exact) mass is 431 g/mol. The number of nitrogens with one attached hydrogen (secondary N) is 1. The summed E-state index contributed by atoms with van der Waals surface area (Å²) in [5.41, 5.74) is 0.422. The number of rotatable bonds is 9. The first-order chi connectivity index (χ1) is 14.5. The fraction of sp³-hybridized carbons (Fsp3) is 0.348. The van der Waals surface area contributed by atoms with E-state index in [1.807, 2.05) is 13.8 Å². The summed E-state index contributed by atoms with van der Waals surface area (Å²) < 4.78 is 11.5. The number of aromatic hydroxyl groups is 2. The Bertz CT molecular complexity index is 1060. The van der Waals surface area contributed by atoms with E-state index in [0.717, 1.165) is 25.7 Å². The molecule has 2 aromatic carbocycles. The number of ether oxygens (including phenoxy) is 2. The molecule has 7 heteroatoms. The van der Waals surface area contributed by atoms with Gasteiger partial charge in [0.05, 0.1) is 24.3 Å². The minimum atomic E-state index is -0.480. The van der Waals surface area contributed by atoms with Crippen molar-refractivity contribution in [3.63, 3.8) is 0 Å². The summed E-state index contributed by atoms with van der Waals surface area (Å²) in [7, 11) is 0. The molecule has 0 radical (unpaired) electrons. The van der Waals surface area contributed by atoms with Crippen LogP contribution in [-0.2, 0) is 0 Å². The second-order valence-electron chi connectivity index (χ2n) is 7.09. The molecule has 1 heterocycles. The lowest BCUT2D eigenvalue weighted by Crippen LogP contribution is -2.10. The second kappa shape index (κ2) is 9.76. The average molecular weight is 432 g/mol. The lowest BCUT2D eigenvalue weighted by molar-refractivity contribution is 0.268. The average Bonchev–Trinajstić information content (AvgIpc) is 2.70. The van der Waals surface area contributed by atoms with Crippen LogP contribution in [0.2, 0.25) is 5.02 Å². The summed E-state index contributed by atoms with van der Waals surface area (Å²) in [6, 6.07) is 7.95. The number of hydrogen-bond acceptors (Lipinski definition) is 5. The van der Waals surface area contributed by atoms with E-state index in [0.29, 0.717) is 34.7 Å². The molecule has 0 atom stereocenters. The van der Waals surface area contributed by atoms with Gasteiger partial charge in [-0.25, -0.2) is 0 Å². The van der Waals surface area contributed by atoms with Crippen molar-refractivity contribution in [1.29, 1.82) is 0 Å². The minimum absolute atomic E-state index is 0.0745. The first-order valence-electron chi connectivity index (χ1n) is 10.1. The standard InChI is InChI=1S/C23H26ClNO5/c1-3-5-9-29-18-11-14(12-19(22(18)27)30-10-6-4-2)20-21(26)16-8-7-15(24)13-17(16)25-23(20)28/h7-8,11-13,27H,3-6,9-10H2,1-2H3,(H2,25,26,28). The fourth-order valence-corrected chi connectivity index (χ4v) is 3.29. The van der Waals surface area contributed by atoms with E-state index in [-0.39, 0.29) is 28.6 Å². The summed E-state index contributed by atoms with van der Waals surface area (Å²) in [6.45, 7) is 4.91. The molecule has 0 saturated heterocycles. The van der Waals surface area contributed by atoms with E-state index in [4.69, 9.17) is 21.1 Å². The van der Waals surface area contributed by atoms with Crippen LogP contribution in [0, 0.1) is 0 Å². The van der Waals surface area contributed by atoms with Gasteiger partial charge >= 0.3 is 0 Å². The lowest BCUT2D eigenvalue weighted by Gasteiger charge is -2.15. The number of aromatic nitrogens is 1. The molecule has 0 aliphatic carbocycles. The van der Waals surface area contributed by atoms with Gasteiger partial charge in [-0.3, -0.25) is 4.79 Å². The molecule has 0 amide bonds. The maximum absolute atomic E-state index is 12.8. The molecule has 0 saturated carbocycles. The van der Waals surface area contributed by atoms with Crippen molar-refractivity contribution >= 4 is 22.5 Å². The molecule has 30 heavy (non-hydrogen) atoms. The van der Waals surface area contributed by atoms with E-state index in [2.05, 4.69) is 4.98 Å². The number of hydrogen-bond donors (Lipinski definition) is 3. The quantitative estimate of drug-likeness (QED) is 0.382. The number of H-pyrrole nitrogens is 1. The predicted octanol–water partition coefficient (Wildman–Crippen LogP) is 5.62. The van der Waals surface area contributed by atoms with Crippen LogP contribution in [0.5, 0.6) is 23.0 Å². The molecule has 0 aliphatic rings. The molecule has 1 aromatic heterocycles. The van der Waals surface area contributed by atoms with Gasteiger partial charge in [-0.05, 0) is 48.7 Å². The highest BCUT2D eigenvalue weighted by atomic mass is 35.5. The first-order valence-corrected chi connectivity index (χ1v) is 10.5. The number of benzene rings is 2. The molecular formula is C23H26ClNO5. The predicted molar refractivity (Wildman–Crippen MR) is 119 cm³/mol.